The summed E-state index contributed by atoms with van der Waals surface area (Å²) in [6, 6.07) is 0. The van der Waals surface area contributed by atoms with Gasteiger partial charge in [0.15, 0.2) is 11.6 Å². The lowest BCUT2D eigenvalue weighted by Gasteiger charge is -2.32. The Balaban J connectivity index is 1.65. The van der Waals surface area contributed by atoms with Crippen LogP contribution >= 0.6 is 0 Å². The average Bonchev–Trinajstić information content (AvgIpc) is 3.13. The lowest BCUT2D eigenvalue weighted by atomic mass is 9.68. The Labute approximate surface area is 107 Å². The van der Waals surface area contributed by atoms with Crippen molar-refractivity contribution in [2.24, 2.45) is 40.9 Å². The van der Waals surface area contributed by atoms with Gasteiger partial charge in [-0.05, 0) is 49.4 Å². The average molecular weight is 242 g/mol. The van der Waals surface area contributed by atoms with E-state index in [1.165, 1.54) is 6.42 Å². The van der Waals surface area contributed by atoms with Crippen molar-refractivity contribution in [3.05, 3.63) is 12.2 Å². The van der Waals surface area contributed by atoms with Gasteiger partial charge in [-0.15, -0.1) is 0 Å². The van der Waals surface area contributed by atoms with Crippen molar-refractivity contribution in [1.82, 2.24) is 0 Å². The quantitative estimate of drug-likeness (QED) is 0.483. The van der Waals surface area contributed by atoms with Crippen LogP contribution in [0.25, 0.3) is 0 Å². The molecule has 0 radical (unpaired) electrons. The summed E-state index contributed by atoms with van der Waals surface area (Å²) in [4.78, 5) is 25.9. The molecule has 0 N–H and O–H groups in total. The van der Waals surface area contributed by atoms with Gasteiger partial charge in [0.25, 0.3) is 0 Å². The summed E-state index contributed by atoms with van der Waals surface area (Å²) < 4.78 is 0. The van der Waals surface area contributed by atoms with Crippen LogP contribution in [0.15, 0.2) is 12.2 Å². The lowest BCUT2D eigenvalue weighted by molar-refractivity contribution is -0.140. The number of hydrogen-bond acceptors (Lipinski definition) is 2. The van der Waals surface area contributed by atoms with Crippen LogP contribution in [0.4, 0.5) is 0 Å². The van der Waals surface area contributed by atoms with E-state index in [-0.39, 0.29) is 11.8 Å². The highest BCUT2D eigenvalue weighted by Gasteiger charge is 2.71. The maximum Gasteiger partial charge on any atom is 0.151 e. The Hall–Kier alpha value is -0.920. The Morgan fingerprint density at radius 2 is 1.61 bits per heavy atom. The van der Waals surface area contributed by atoms with E-state index in [1.54, 1.807) is 0 Å². The van der Waals surface area contributed by atoms with E-state index in [2.05, 4.69) is 12.2 Å². The molecule has 5 aliphatic rings. The second-order valence-electron chi connectivity index (χ2n) is 7.28. The summed E-state index contributed by atoms with van der Waals surface area (Å²) >= 11 is 0. The number of carbonyl (C=O) groups is 2. The van der Waals surface area contributed by atoms with Crippen LogP contribution in [-0.2, 0) is 9.59 Å². The van der Waals surface area contributed by atoms with E-state index >= 15 is 0 Å². The molecule has 0 aromatic rings. The van der Waals surface area contributed by atoms with E-state index in [4.69, 9.17) is 0 Å². The van der Waals surface area contributed by atoms with E-state index in [1.807, 2.05) is 0 Å². The minimum absolute atomic E-state index is 0.0758. The number of rotatable bonds is 0. The fourth-order valence-corrected chi connectivity index (χ4v) is 6.19. The third kappa shape index (κ3) is 0.828. The van der Waals surface area contributed by atoms with Gasteiger partial charge in [0, 0.05) is 11.8 Å². The van der Waals surface area contributed by atoms with Crippen molar-refractivity contribution in [3.8, 4) is 0 Å². The molecule has 0 aliphatic heterocycles. The largest absolute Gasteiger partial charge is 0.298 e. The molecule has 2 nitrogen and oxygen atoms in total. The van der Waals surface area contributed by atoms with Gasteiger partial charge in [0.05, 0.1) is 5.41 Å². The van der Waals surface area contributed by atoms with E-state index < -0.39 is 5.41 Å². The molecule has 0 amide bonds. The molecule has 94 valence electrons. The van der Waals surface area contributed by atoms with Gasteiger partial charge < -0.3 is 0 Å². The summed E-state index contributed by atoms with van der Waals surface area (Å²) in [5.74, 6) is 2.76. The second-order valence-corrected chi connectivity index (χ2v) is 7.28. The Kier molecular flexibility index (Phi) is 1.55. The number of Topliss-reactive ketones (excluding diaryl/α,β-unsaturated/α-hetero) is 2. The topological polar surface area (TPSA) is 34.1 Å². The van der Waals surface area contributed by atoms with Crippen molar-refractivity contribution in [3.63, 3.8) is 0 Å². The number of allylic oxidation sites excluding steroid dienone is 2. The first-order valence-corrected chi connectivity index (χ1v) is 7.49. The highest BCUT2D eigenvalue weighted by Crippen LogP contribution is 2.66. The van der Waals surface area contributed by atoms with E-state index in [0.717, 1.165) is 25.7 Å². The number of fused-ring (bicyclic) bond motifs is 8. The highest BCUT2D eigenvalue weighted by atomic mass is 16.2. The van der Waals surface area contributed by atoms with Crippen molar-refractivity contribution in [2.45, 2.75) is 32.1 Å². The van der Waals surface area contributed by atoms with Crippen LogP contribution in [0.5, 0.6) is 0 Å². The summed E-state index contributed by atoms with van der Waals surface area (Å²) in [6.45, 7) is 0. The minimum atomic E-state index is -0.499. The summed E-state index contributed by atoms with van der Waals surface area (Å²) in [7, 11) is 0. The maximum absolute atomic E-state index is 12.9. The monoisotopic (exact) mass is 242 g/mol. The molecule has 4 bridgehead atoms. The smallest absolute Gasteiger partial charge is 0.151 e. The van der Waals surface area contributed by atoms with Gasteiger partial charge in [0.1, 0.15) is 0 Å². The predicted octanol–water partition coefficient (Wildman–Crippen LogP) is 2.38. The third-order valence-corrected chi connectivity index (χ3v) is 6.79. The zero-order valence-corrected chi connectivity index (χ0v) is 10.5. The minimum Gasteiger partial charge on any atom is -0.298 e. The Morgan fingerprint density at radius 3 is 2.11 bits per heavy atom. The van der Waals surface area contributed by atoms with Crippen molar-refractivity contribution >= 4 is 11.6 Å². The fourth-order valence-electron chi connectivity index (χ4n) is 6.19. The van der Waals surface area contributed by atoms with E-state index in [9.17, 15) is 9.59 Å². The zero-order valence-electron chi connectivity index (χ0n) is 10.5. The zero-order chi connectivity index (χ0) is 12.1. The fraction of sp³-hybridized carbons (Fsp3) is 0.750. The molecular formula is C16H18O2. The molecular weight excluding hydrogens is 224 g/mol. The molecule has 7 atom stereocenters. The van der Waals surface area contributed by atoms with Crippen molar-refractivity contribution in [1.29, 1.82) is 0 Å². The second kappa shape index (κ2) is 2.81. The van der Waals surface area contributed by atoms with Crippen molar-refractivity contribution < 1.29 is 9.59 Å². The molecule has 18 heavy (non-hydrogen) atoms. The van der Waals surface area contributed by atoms with Gasteiger partial charge in [-0.1, -0.05) is 18.6 Å². The molecule has 4 fully saturated rings. The first-order valence-electron chi connectivity index (χ1n) is 7.49. The van der Waals surface area contributed by atoms with Crippen LogP contribution in [0.2, 0.25) is 0 Å². The van der Waals surface area contributed by atoms with Crippen LogP contribution in [0.3, 0.4) is 0 Å². The standard InChI is InChI=1S/C16H18O2/c17-14-12-9-2-3-10(6-9)13(12)15(18)16(14)7-8-1-4-11(16)5-8/h2-3,8-13H,1,4-7H2/t8-,9-,10+,11+,12+,13-,16?/m1/s1. The molecule has 0 aromatic carbocycles. The SMILES string of the molecule is O=C1[C@@H]2[C@H](C(=O)C13C[C@@H]1CC[C@H]3C1)[C@H]1C=C[C@@H]2C1. The molecule has 5 rings (SSSR count). The lowest BCUT2D eigenvalue weighted by Crippen LogP contribution is -2.40. The number of hydrogen-bond donors (Lipinski definition) is 0. The Morgan fingerprint density at radius 1 is 0.944 bits per heavy atom. The number of ketones is 2. The third-order valence-electron chi connectivity index (χ3n) is 6.79. The van der Waals surface area contributed by atoms with Crippen LogP contribution in [0.1, 0.15) is 32.1 Å². The van der Waals surface area contributed by atoms with Gasteiger partial charge in [-0.25, -0.2) is 0 Å². The summed E-state index contributed by atoms with van der Waals surface area (Å²) in [5, 5.41) is 0. The molecule has 4 saturated carbocycles. The van der Waals surface area contributed by atoms with Gasteiger partial charge in [-0.2, -0.15) is 0 Å². The normalized spacial score (nSPS) is 59.3. The predicted molar refractivity (Wildman–Crippen MR) is 65.6 cm³/mol. The first kappa shape index (κ1) is 9.94. The summed E-state index contributed by atoms with van der Waals surface area (Å²) in [5.41, 5.74) is -0.499. The van der Waals surface area contributed by atoms with Gasteiger partial charge in [-0.3, -0.25) is 9.59 Å². The Bertz CT molecular complexity index is 473. The molecule has 5 aliphatic carbocycles. The van der Waals surface area contributed by atoms with Crippen LogP contribution in [-0.4, -0.2) is 11.6 Å². The molecule has 2 heteroatoms. The molecule has 1 spiro atoms. The number of carbonyl (C=O) groups excluding carboxylic acids is 2. The first-order chi connectivity index (χ1) is 8.72. The highest BCUT2D eigenvalue weighted by molar-refractivity contribution is 6.17. The summed E-state index contributed by atoms with van der Waals surface area (Å²) in [6.07, 6.45) is 9.93. The maximum atomic E-state index is 12.9. The van der Waals surface area contributed by atoms with Crippen LogP contribution in [0, 0.1) is 40.9 Å². The van der Waals surface area contributed by atoms with Crippen molar-refractivity contribution in [2.75, 3.05) is 0 Å². The van der Waals surface area contributed by atoms with E-state index in [0.29, 0.717) is 35.2 Å². The molecule has 0 heterocycles. The molecule has 0 saturated heterocycles. The van der Waals surface area contributed by atoms with Crippen LogP contribution < -0.4 is 0 Å². The molecule has 1 unspecified atom stereocenters. The van der Waals surface area contributed by atoms with Gasteiger partial charge >= 0.3 is 0 Å². The molecule has 0 aromatic heterocycles. The van der Waals surface area contributed by atoms with Gasteiger partial charge in [0.2, 0.25) is 0 Å².